The van der Waals surface area contributed by atoms with Gasteiger partial charge in [-0.15, -0.1) is 11.3 Å². The topological polar surface area (TPSA) is 106 Å². The van der Waals surface area contributed by atoms with Crippen LogP contribution in [-0.4, -0.2) is 39.1 Å². The number of nitrogens with one attached hydrogen (secondary N) is 1. The molecular weight excluding hydrogens is 508 g/mol. The molecule has 5 rings (SSSR count). The lowest BCUT2D eigenvalue weighted by Gasteiger charge is -2.13. The summed E-state index contributed by atoms with van der Waals surface area (Å²) >= 11 is 2.80. The summed E-state index contributed by atoms with van der Waals surface area (Å²) < 4.78 is 6.74. The predicted molar refractivity (Wildman–Crippen MR) is 148 cm³/mol. The number of thiophene rings is 1. The zero-order chi connectivity index (χ0) is 25.9. The van der Waals surface area contributed by atoms with E-state index in [2.05, 4.69) is 10.5 Å². The Bertz CT molecular complexity index is 1560. The molecule has 1 aliphatic carbocycles. The average Bonchev–Trinajstić information content (AvgIpc) is 3.30. The van der Waals surface area contributed by atoms with E-state index in [1.807, 2.05) is 30.3 Å². The van der Waals surface area contributed by atoms with Crippen molar-refractivity contribution in [2.45, 2.75) is 37.8 Å². The van der Waals surface area contributed by atoms with Gasteiger partial charge in [-0.1, -0.05) is 30.0 Å². The molecule has 2 aromatic heterocycles. The number of hydrazone groups is 1. The number of aryl methyl sites for hydroxylation is 2. The van der Waals surface area contributed by atoms with Gasteiger partial charge in [0, 0.05) is 10.4 Å². The van der Waals surface area contributed by atoms with E-state index in [0.29, 0.717) is 27.6 Å². The van der Waals surface area contributed by atoms with Gasteiger partial charge in [-0.25, -0.2) is 10.4 Å². The lowest BCUT2D eigenvalue weighted by atomic mass is 9.97. The number of fused-ring (bicyclic) bond motifs is 3. The average molecular weight is 535 g/mol. The summed E-state index contributed by atoms with van der Waals surface area (Å²) in [6, 6.07) is 14.3. The van der Waals surface area contributed by atoms with Gasteiger partial charge in [-0.05, 0) is 68.5 Å². The second kappa shape index (κ2) is 10.8. The number of aromatic hydroxyl groups is 1. The van der Waals surface area contributed by atoms with Crippen LogP contribution in [0.2, 0.25) is 0 Å². The second-order valence-electron chi connectivity index (χ2n) is 8.67. The van der Waals surface area contributed by atoms with E-state index in [0.717, 1.165) is 41.8 Å². The Morgan fingerprint density at radius 3 is 2.78 bits per heavy atom. The fraction of sp³-hybridized carbons (Fsp3) is 0.259. The molecule has 0 aliphatic heterocycles. The standard InChI is InChI=1S/C27H26N4O4S2/c1-16(17-12-13-20(32)21(14-17)35-2)29-30-23(33)15-36-27-28-25-24(19-10-6-7-11-22(19)37-25)26(34)31(27)18-8-4-3-5-9-18/h3-5,8-9,12-14,32H,6-7,10-11,15H2,1-2H3,(H,30,33). The first-order valence-corrected chi connectivity index (χ1v) is 13.7. The van der Waals surface area contributed by atoms with Crippen molar-refractivity contribution in [1.82, 2.24) is 15.0 Å². The Morgan fingerprint density at radius 2 is 2.00 bits per heavy atom. The minimum atomic E-state index is -0.325. The van der Waals surface area contributed by atoms with E-state index in [4.69, 9.17) is 9.72 Å². The van der Waals surface area contributed by atoms with Gasteiger partial charge in [0.2, 0.25) is 0 Å². The lowest BCUT2D eigenvalue weighted by molar-refractivity contribution is -0.118. The third-order valence-corrected chi connectivity index (χ3v) is 8.37. The van der Waals surface area contributed by atoms with Crippen molar-refractivity contribution >= 4 is 44.9 Å². The highest BCUT2D eigenvalue weighted by atomic mass is 32.2. The van der Waals surface area contributed by atoms with Crippen LogP contribution in [0.15, 0.2) is 63.6 Å². The fourth-order valence-corrected chi connectivity index (χ4v) is 6.47. The van der Waals surface area contributed by atoms with Crippen LogP contribution in [-0.2, 0) is 17.6 Å². The Labute approximate surface area is 222 Å². The summed E-state index contributed by atoms with van der Waals surface area (Å²) in [5, 5.41) is 15.2. The summed E-state index contributed by atoms with van der Waals surface area (Å²) in [5.41, 5.74) is 5.59. The highest BCUT2D eigenvalue weighted by molar-refractivity contribution is 7.99. The number of ether oxygens (including phenoxy) is 1. The molecule has 10 heteroatoms. The molecule has 0 saturated carbocycles. The second-order valence-corrected chi connectivity index (χ2v) is 10.7. The number of hydrogen-bond acceptors (Lipinski definition) is 8. The van der Waals surface area contributed by atoms with Gasteiger partial charge in [-0.3, -0.25) is 14.2 Å². The summed E-state index contributed by atoms with van der Waals surface area (Å²) in [6.07, 6.45) is 4.10. The van der Waals surface area contributed by atoms with E-state index in [9.17, 15) is 14.7 Å². The van der Waals surface area contributed by atoms with E-state index < -0.39 is 0 Å². The van der Waals surface area contributed by atoms with Gasteiger partial charge in [0.1, 0.15) is 4.83 Å². The van der Waals surface area contributed by atoms with Crippen molar-refractivity contribution in [2.75, 3.05) is 12.9 Å². The Kier molecular flexibility index (Phi) is 7.29. The molecule has 2 aromatic carbocycles. The number of methoxy groups -OCH3 is 1. The van der Waals surface area contributed by atoms with Crippen LogP contribution in [0.25, 0.3) is 15.9 Å². The number of carbonyl (C=O) groups excluding carboxylic acids is 1. The number of para-hydroxylation sites is 1. The molecule has 0 spiro atoms. The summed E-state index contributed by atoms with van der Waals surface area (Å²) in [6.45, 7) is 1.75. The summed E-state index contributed by atoms with van der Waals surface area (Å²) in [4.78, 5) is 33.2. The first kappa shape index (κ1) is 25.0. The molecule has 0 atom stereocenters. The molecule has 1 amide bonds. The quantitative estimate of drug-likeness (QED) is 0.154. The number of phenols is 1. The molecule has 37 heavy (non-hydrogen) atoms. The number of nitrogens with zero attached hydrogens (tertiary/aromatic N) is 3. The fourth-order valence-electron chi connectivity index (χ4n) is 4.36. The number of hydrogen-bond donors (Lipinski definition) is 2. The molecule has 0 bridgehead atoms. The van der Waals surface area contributed by atoms with Crippen LogP contribution < -0.4 is 15.7 Å². The molecular formula is C27H26N4O4S2. The highest BCUT2D eigenvalue weighted by Crippen LogP contribution is 2.35. The SMILES string of the molecule is COc1cc(C(C)=NNC(=O)CSc2nc3sc4c(c3c(=O)n2-c2ccccc2)CCCC4)ccc1O. The zero-order valence-electron chi connectivity index (χ0n) is 20.5. The van der Waals surface area contributed by atoms with Gasteiger partial charge in [0.25, 0.3) is 11.5 Å². The van der Waals surface area contributed by atoms with E-state index in [-0.39, 0.29) is 23.0 Å². The first-order chi connectivity index (χ1) is 18.0. The molecule has 0 radical (unpaired) electrons. The van der Waals surface area contributed by atoms with Crippen LogP contribution in [0.4, 0.5) is 0 Å². The molecule has 0 unspecified atom stereocenters. The maximum Gasteiger partial charge on any atom is 0.267 e. The summed E-state index contributed by atoms with van der Waals surface area (Å²) in [5.74, 6) is 0.0602. The molecule has 0 fully saturated rings. The normalized spacial score (nSPS) is 13.4. The number of aromatic nitrogens is 2. The smallest absolute Gasteiger partial charge is 0.267 e. The van der Waals surface area contributed by atoms with Crippen molar-refractivity contribution in [3.8, 4) is 17.2 Å². The van der Waals surface area contributed by atoms with Gasteiger partial charge in [0.05, 0.1) is 29.6 Å². The van der Waals surface area contributed by atoms with Gasteiger partial charge < -0.3 is 9.84 Å². The largest absolute Gasteiger partial charge is 0.504 e. The van der Waals surface area contributed by atoms with Crippen molar-refractivity contribution in [3.63, 3.8) is 0 Å². The van der Waals surface area contributed by atoms with Gasteiger partial charge in [-0.2, -0.15) is 5.10 Å². The highest BCUT2D eigenvalue weighted by Gasteiger charge is 2.23. The number of thioether (sulfide) groups is 1. The van der Waals surface area contributed by atoms with Crippen molar-refractivity contribution in [2.24, 2.45) is 5.10 Å². The van der Waals surface area contributed by atoms with Crippen LogP contribution >= 0.6 is 23.1 Å². The molecule has 4 aromatic rings. The van der Waals surface area contributed by atoms with E-state index in [1.54, 1.807) is 35.0 Å². The predicted octanol–water partition coefficient (Wildman–Crippen LogP) is 4.67. The third kappa shape index (κ3) is 5.12. The number of carbonyl (C=O) groups is 1. The van der Waals surface area contributed by atoms with Crippen LogP contribution in [0.3, 0.4) is 0 Å². The Balaban J connectivity index is 1.40. The van der Waals surface area contributed by atoms with E-state index >= 15 is 0 Å². The van der Waals surface area contributed by atoms with Crippen LogP contribution in [0, 0.1) is 0 Å². The number of phenolic OH excluding ortho intramolecular Hbond substituents is 1. The van der Waals surface area contributed by atoms with Gasteiger partial charge in [0.15, 0.2) is 16.7 Å². The van der Waals surface area contributed by atoms with Crippen molar-refractivity contribution in [3.05, 3.63) is 74.9 Å². The Hall–Kier alpha value is -3.63. The minimum Gasteiger partial charge on any atom is -0.504 e. The molecule has 190 valence electrons. The maximum absolute atomic E-state index is 13.7. The third-order valence-electron chi connectivity index (χ3n) is 6.25. The molecule has 0 saturated heterocycles. The van der Waals surface area contributed by atoms with Crippen LogP contribution in [0.1, 0.15) is 35.8 Å². The maximum atomic E-state index is 13.7. The number of rotatable bonds is 7. The molecule has 2 heterocycles. The summed E-state index contributed by atoms with van der Waals surface area (Å²) in [7, 11) is 1.47. The van der Waals surface area contributed by atoms with Crippen molar-refractivity contribution in [1.29, 1.82) is 0 Å². The molecule has 8 nitrogen and oxygen atoms in total. The molecule has 1 aliphatic rings. The number of benzene rings is 2. The lowest BCUT2D eigenvalue weighted by Crippen LogP contribution is -2.24. The van der Waals surface area contributed by atoms with E-state index in [1.165, 1.54) is 29.8 Å². The monoisotopic (exact) mass is 534 g/mol. The molecule has 2 N–H and O–H groups in total. The zero-order valence-corrected chi connectivity index (χ0v) is 22.1. The Morgan fingerprint density at radius 1 is 1.22 bits per heavy atom. The van der Waals surface area contributed by atoms with Crippen LogP contribution in [0.5, 0.6) is 11.5 Å². The minimum absolute atomic E-state index is 0.0278. The van der Waals surface area contributed by atoms with Gasteiger partial charge >= 0.3 is 0 Å². The number of amides is 1. The van der Waals surface area contributed by atoms with Crippen molar-refractivity contribution < 1.29 is 14.6 Å². The first-order valence-electron chi connectivity index (χ1n) is 11.9.